The lowest BCUT2D eigenvalue weighted by atomic mass is 9.88. The van der Waals surface area contributed by atoms with Crippen molar-refractivity contribution in [2.24, 2.45) is 5.73 Å². The van der Waals surface area contributed by atoms with Crippen molar-refractivity contribution in [3.63, 3.8) is 0 Å². The number of aromatic nitrogens is 1. The average molecular weight is 523 g/mol. The number of nitrogens with two attached hydrogens (primary N) is 1. The molecule has 2 amide bonds. The summed E-state index contributed by atoms with van der Waals surface area (Å²) in [5.41, 5.74) is 9.22. The second-order valence-electron chi connectivity index (χ2n) is 9.96. The van der Waals surface area contributed by atoms with Crippen molar-refractivity contribution in [3.8, 4) is 0 Å². The lowest BCUT2D eigenvalue weighted by Crippen LogP contribution is -2.41. The van der Waals surface area contributed by atoms with Crippen LogP contribution in [0.25, 0.3) is 10.9 Å². The minimum atomic E-state index is -0.223. The van der Waals surface area contributed by atoms with Crippen LogP contribution in [0.2, 0.25) is 0 Å². The van der Waals surface area contributed by atoms with Gasteiger partial charge in [0.15, 0.2) is 0 Å². The SMILES string of the molecule is COCCn1cc(C(=O)N2CCC(c3cc(CN)ccc3F)CC2)c2c(C(=O)N3CCOCC3)cccc21. The van der Waals surface area contributed by atoms with Crippen molar-refractivity contribution in [1.82, 2.24) is 14.4 Å². The third kappa shape index (κ3) is 5.18. The lowest BCUT2D eigenvalue weighted by molar-refractivity contribution is 0.0304. The molecule has 2 N–H and O–H groups in total. The number of hydrogen-bond donors (Lipinski definition) is 1. The third-order valence-electron chi connectivity index (χ3n) is 7.72. The molecule has 0 radical (unpaired) electrons. The number of carbonyl (C=O) groups is 2. The smallest absolute Gasteiger partial charge is 0.256 e. The van der Waals surface area contributed by atoms with Crippen molar-refractivity contribution < 1.29 is 23.5 Å². The van der Waals surface area contributed by atoms with Crippen molar-refractivity contribution >= 4 is 22.7 Å². The number of ether oxygens (including phenoxy) is 2. The monoisotopic (exact) mass is 522 g/mol. The van der Waals surface area contributed by atoms with Crippen molar-refractivity contribution in [2.45, 2.75) is 31.8 Å². The summed E-state index contributed by atoms with van der Waals surface area (Å²) in [5, 5.41) is 0.675. The first-order valence-corrected chi connectivity index (χ1v) is 13.3. The molecule has 2 aliphatic rings. The molecule has 0 atom stereocenters. The van der Waals surface area contributed by atoms with Crippen LogP contribution in [0.5, 0.6) is 0 Å². The number of methoxy groups -OCH3 is 1. The molecule has 38 heavy (non-hydrogen) atoms. The summed E-state index contributed by atoms with van der Waals surface area (Å²) < 4.78 is 27.3. The minimum Gasteiger partial charge on any atom is -0.383 e. The van der Waals surface area contributed by atoms with Crippen LogP contribution in [0.15, 0.2) is 42.6 Å². The Balaban J connectivity index is 1.43. The maximum absolute atomic E-state index is 14.6. The number of rotatable bonds is 7. The normalized spacial score (nSPS) is 16.8. The van der Waals surface area contributed by atoms with Crippen molar-refractivity contribution in [1.29, 1.82) is 0 Å². The Bertz CT molecular complexity index is 1310. The van der Waals surface area contributed by atoms with Crippen LogP contribution in [0.1, 0.15) is 50.6 Å². The van der Waals surface area contributed by atoms with Gasteiger partial charge in [0.1, 0.15) is 5.82 Å². The van der Waals surface area contributed by atoms with Gasteiger partial charge in [0, 0.05) is 69.0 Å². The summed E-state index contributed by atoms with van der Waals surface area (Å²) in [6.07, 6.45) is 3.18. The van der Waals surface area contributed by atoms with Gasteiger partial charge in [0.2, 0.25) is 0 Å². The minimum absolute atomic E-state index is 0.0343. The van der Waals surface area contributed by atoms with Gasteiger partial charge in [-0.1, -0.05) is 18.2 Å². The van der Waals surface area contributed by atoms with E-state index < -0.39 is 0 Å². The fraction of sp³-hybridized carbons (Fsp3) is 0.448. The number of hydrogen-bond acceptors (Lipinski definition) is 5. The fourth-order valence-electron chi connectivity index (χ4n) is 5.60. The molecular formula is C29H35FN4O4. The number of morpholine rings is 1. The van der Waals surface area contributed by atoms with Crippen LogP contribution in [0.3, 0.4) is 0 Å². The number of piperidine rings is 1. The molecule has 0 bridgehead atoms. The standard InChI is InChI=1S/C29H35FN4O4/c1-37-14-11-34-19-24(27-22(3-2-4-26(27)34)28(35)33-12-15-38-16-13-33)29(36)32-9-7-21(8-10-32)23-17-20(18-31)5-6-25(23)30/h2-6,17,19,21H,7-16,18,31H2,1H3. The zero-order chi connectivity index (χ0) is 26.6. The summed E-state index contributed by atoms with van der Waals surface area (Å²) in [7, 11) is 1.64. The van der Waals surface area contributed by atoms with E-state index in [1.54, 1.807) is 24.1 Å². The molecule has 0 spiro atoms. The number of halogens is 1. The molecule has 2 aliphatic heterocycles. The first-order chi connectivity index (χ1) is 18.5. The summed E-state index contributed by atoms with van der Waals surface area (Å²) in [5.74, 6) is -0.388. The predicted octanol–water partition coefficient (Wildman–Crippen LogP) is 3.38. The van der Waals surface area contributed by atoms with Crippen LogP contribution in [0.4, 0.5) is 4.39 Å². The molecule has 3 aromatic rings. The van der Waals surface area contributed by atoms with Gasteiger partial charge in [0.25, 0.3) is 11.8 Å². The highest BCUT2D eigenvalue weighted by Crippen LogP contribution is 2.33. The van der Waals surface area contributed by atoms with Gasteiger partial charge >= 0.3 is 0 Å². The lowest BCUT2D eigenvalue weighted by Gasteiger charge is -2.32. The number of likely N-dealkylation sites (tertiary alicyclic amines) is 1. The van der Waals surface area contributed by atoms with Crippen LogP contribution in [-0.4, -0.2) is 79.3 Å². The quantitative estimate of drug-likeness (QED) is 0.514. The Kier molecular flexibility index (Phi) is 8.06. The molecule has 8 nitrogen and oxygen atoms in total. The van der Waals surface area contributed by atoms with Crippen LogP contribution in [0, 0.1) is 5.82 Å². The average Bonchev–Trinajstić information content (AvgIpc) is 3.35. The Hall–Kier alpha value is -3.27. The molecular weight excluding hydrogens is 487 g/mol. The second kappa shape index (κ2) is 11.6. The Morgan fingerprint density at radius 1 is 1.03 bits per heavy atom. The molecule has 0 aliphatic carbocycles. The van der Waals surface area contributed by atoms with Gasteiger partial charge in [-0.3, -0.25) is 9.59 Å². The molecule has 2 saturated heterocycles. The zero-order valence-electron chi connectivity index (χ0n) is 21.8. The highest BCUT2D eigenvalue weighted by molar-refractivity contribution is 6.15. The van der Waals surface area contributed by atoms with Crippen LogP contribution in [-0.2, 0) is 22.6 Å². The van der Waals surface area contributed by atoms with Gasteiger partial charge in [-0.25, -0.2) is 4.39 Å². The molecule has 202 valence electrons. The molecule has 2 aromatic carbocycles. The van der Waals surface area contributed by atoms with Crippen molar-refractivity contribution in [2.75, 3.05) is 53.1 Å². The molecule has 9 heteroatoms. The molecule has 1 aromatic heterocycles. The molecule has 2 fully saturated rings. The van der Waals surface area contributed by atoms with Crippen molar-refractivity contribution in [3.05, 3.63) is 70.7 Å². The van der Waals surface area contributed by atoms with E-state index in [9.17, 15) is 14.0 Å². The highest BCUT2D eigenvalue weighted by atomic mass is 19.1. The summed E-state index contributed by atoms with van der Waals surface area (Å²) in [6, 6.07) is 10.7. The second-order valence-corrected chi connectivity index (χ2v) is 9.96. The summed E-state index contributed by atoms with van der Waals surface area (Å²) in [4.78, 5) is 31.1. The largest absolute Gasteiger partial charge is 0.383 e. The molecule has 0 unspecified atom stereocenters. The van der Waals surface area contributed by atoms with E-state index in [4.69, 9.17) is 15.2 Å². The zero-order valence-corrected chi connectivity index (χ0v) is 21.8. The Morgan fingerprint density at radius 3 is 2.45 bits per heavy atom. The van der Waals surface area contributed by atoms with E-state index in [1.165, 1.54) is 6.07 Å². The van der Waals surface area contributed by atoms with E-state index in [0.717, 1.165) is 11.1 Å². The van der Waals surface area contributed by atoms with E-state index in [2.05, 4.69) is 0 Å². The fourth-order valence-corrected chi connectivity index (χ4v) is 5.60. The number of carbonyl (C=O) groups excluding carboxylic acids is 2. The van der Waals surface area contributed by atoms with Gasteiger partial charge in [-0.2, -0.15) is 0 Å². The summed E-state index contributed by atoms with van der Waals surface area (Å²) in [6.45, 7) is 4.50. The van der Waals surface area contributed by atoms with Crippen LogP contribution >= 0.6 is 0 Å². The summed E-state index contributed by atoms with van der Waals surface area (Å²) >= 11 is 0. The van der Waals surface area contributed by atoms with E-state index in [-0.39, 0.29) is 23.5 Å². The number of nitrogens with zero attached hydrogens (tertiary/aromatic N) is 3. The van der Waals surface area contributed by atoms with E-state index >= 15 is 0 Å². The van der Waals surface area contributed by atoms with Gasteiger partial charge in [0.05, 0.1) is 25.4 Å². The Labute approximate surface area is 222 Å². The topological polar surface area (TPSA) is 90.0 Å². The number of fused-ring (bicyclic) bond motifs is 1. The maximum Gasteiger partial charge on any atom is 0.256 e. The van der Waals surface area contributed by atoms with Crippen LogP contribution < -0.4 is 5.73 Å². The number of benzene rings is 2. The predicted molar refractivity (Wildman–Crippen MR) is 143 cm³/mol. The van der Waals surface area contributed by atoms with E-state index in [1.807, 2.05) is 33.9 Å². The van der Waals surface area contributed by atoms with Gasteiger partial charge < -0.3 is 29.6 Å². The number of amides is 2. The molecule has 0 saturated carbocycles. The molecule has 5 rings (SSSR count). The first-order valence-electron chi connectivity index (χ1n) is 13.3. The maximum atomic E-state index is 14.6. The third-order valence-corrected chi connectivity index (χ3v) is 7.72. The van der Waals surface area contributed by atoms with Gasteiger partial charge in [-0.05, 0) is 48.1 Å². The Morgan fingerprint density at radius 2 is 1.74 bits per heavy atom. The molecule has 3 heterocycles. The highest BCUT2D eigenvalue weighted by Gasteiger charge is 2.30. The van der Waals surface area contributed by atoms with E-state index in [0.29, 0.717) is 94.0 Å². The van der Waals surface area contributed by atoms with Gasteiger partial charge in [-0.15, -0.1) is 0 Å². The first kappa shape index (κ1) is 26.3.